The second-order valence-corrected chi connectivity index (χ2v) is 11.9. The number of piperidine rings is 1. The van der Waals surface area contributed by atoms with E-state index in [9.17, 15) is 22.4 Å². The van der Waals surface area contributed by atoms with Gasteiger partial charge in [-0.2, -0.15) is 23.1 Å². The molecular formula is C29H39Cl2F4N9O. The molecule has 0 unspecified atom stereocenters. The molecule has 10 nitrogen and oxygen atoms in total. The number of aromatic nitrogens is 4. The van der Waals surface area contributed by atoms with Gasteiger partial charge in [-0.15, -0.1) is 24.8 Å². The van der Waals surface area contributed by atoms with Crippen LogP contribution < -0.4 is 21.7 Å². The molecule has 3 aromatic rings. The normalized spacial score (nSPS) is 21.2. The van der Waals surface area contributed by atoms with Gasteiger partial charge in [0.25, 0.3) is 0 Å². The van der Waals surface area contributed by atoms with Crippen molar-refractivity contribution < 1.29 is 22.4 Å². The Kier molecular flexibility index (Phi) is 11.2. The van der Waals surface area contributed by atoms with Crippen molar-refractivity contribution in [2.24, 2.45) is 5.73 Å². The van der Waals surface area contributed by atoms with Crippen molar-refractivity contribution in [3.8, 4) is 0 Å². The lowest BCUT2D eigenvalue weighted by atomic mass is 9.92. The van der Waals surface area contributed by atoms with Crippen molar-refractivity contribution >= 4 is 59.5 Å². The maximum absolute atomic E-state index is 13.6. The van der Waals surface area contributed by atoms with Gasteiger partial charge in [0.1, 0.15) is 5.82 Å². The zero-order chi connectivity index (χ0) is 30.1. The first-order chi connectivity index (χ1) is 20.6. The number of imidazole rings is 1. The Morgan fingerprint density at radius 1 is 0.911 bits per heavy atom. The first-order valence-corrected chi connectivity index (χ1v) is 15.1. The standard InChI is InChI=1S/C29H37F4N9O.2ClH/c30-23-10-9-20(15-22(23)29(31,32)33)38-28(43)41-13-11-19(12-14-41)36-25-24-26(42(16-35-24)21-3-1-2-4-21)40-27(39-25)37-18-7-5-17(34)6-8-18;;/h9-10,15-19,21H,1-8,11-14,34H2,(H,38,43)(H2,36,37,39,40);2*1H. The maximum atomic E-state index is 13.6. The van der Waals surface area contributed by atoms with Crippen LogP contribution in [0.4, 0.5) is 39.8 Å². The molecule has 2 aromatic heterocycles. The van der Waals surface area contributed by atoms with Crippen molar-refractivity contribution in [2.75, 3.05) is 29.0 Å². The smallest absolute Gasteiger partial charge is 0.365 e. The Labute approximate surface area is 271 Å². The number of urea groups is 1. The van der Waals surface area contributed by atoms with Crippen molar-refractivity contribution in [1.82, 2.24) is 24.4 Å². The van der Waals surface area contributed by atoms with Gasteiger partial charge in [-0.1, -0.05) is 12.8 Å². The molecule has 6 rings (SSSR count). The first-order valence-electron chi connectivity index (χ1n) is 15.1. The number of alkyl halides is 3. The molecule has 1 aliphatic heterocycles. The van der Waals surface area contributed by atoms with Gasteiger partial charge in [-0.25, -0.2) is 14.2 Å². The average molecular weight is 677 g/mol. The van der Waals surface area contributed by atoms with E-state index in [1.807, 2.05) is 6.33 Å². The van der Waals surface area contributed by atoms with E-state index in [4.69, 9.17) is 20.7 Å². The summed E-state index contributed by atoms with van der Waals surface area (Å²) in [6.45, 7) is 0.768. The number of carbonyl (C=O) groups excluding carboxylic acids is 1. The number of amides is 2. The predicted molar refractivity (Wildman–Crippen MR) is 170 cm³/mol. The Morgan fingerprint density at radius 3 is 2.24 bits per heavy atom. The van der Waals surface area contributed by atoms with Crippen LogP contribution in [0.25, 0.3) is 11.2 Å². The molecule has 45 heavy (non-hydrogen) atoms. The number of benzene rings is 1. The molecule has 0 radical (unpaired) electrons. The number of halogens is 6. The SMILES string of the molecule is Cl.Cl.NC1CCC(Nc2nc(NC3CCN(C(=O)Nc4ccc(F)c(C(F)(F)F)c4)CC3)c3ncn(C4CCCC4)c3n2)CC1. The minimum atomic E-state index is -4.85. The van der Waals surface area contributed by atoms with E-state index >= 15 is 0 Å². The molecule has 2 saturated carbocycles. The topological polar surface area (TPSA) is 126 Å². The van der Waals surface area contributed by atoms with Crippen molar-refractivity contribution in [2.45, 2.75) is 94.6 Å². The van der Waals surface area contributed by atoms with E-state index in [0.717, 1.165) is 50.2 Å². The van der Waals surface area contributed by atoms with Gasteiger partial charge in [0.15, 0.2) is 17.0 Å². The third-order valence-corrected chi connectivity index (χ3v) is 8.89. The van der Waals surface area contributed by atoms with Crippen LogP contribution in [0.5, 0.6) is 0 Å². The van der Waals surface area contributed by atoms with Crippen LogP contribution in [0.1, 0.15) is 75.8 Å². The van der Waals surface area contributed by atoms with E-state index < -0.39 is 23.6 Å². The highest BCUT2D eigenvalue weighted by atomic mass is 35.5. The average Bonchev–Trinajstić information content (AvgIpc) is 3.65. The fourth-order valence-corrected chi connectivity index (χ4v) is 6.42. The molecule has 2 amide bonds. The fourth-order valence-electron chi connectivity index (χ4n) is 6.42. The number of nitrogens with zero attached hydrogens (tertiary/aromatic N) is 5. The lowest BCUT2D eigenvalue weighted by Gasteiger charge is -2.33. The number of likely N-dealkylation sites (tertiary alicyclic amines) is 1. The molecule has 5 N–H and O–H groups in total. The molecule has 0 bridgehead atoms. The molecule has 0 spiro atoms. The maximum Gasteiger partial charge on any atom is 0.419 e. The number of hydrogen-bond donors (Lipinski definition) is 4. The molecule has 1 saturated heterocycles. The van der Waals surface area contributed by atoms with E-state index in [2.05, 4.69) is 20.5 Å². The van der Waals surface area contributed by atoms with Gasteiger partial charge < -0.3 is 31.2 Å². The van der Waals surface area contributed by atoms with Crippen LogP contribution in [-0.4, -0.2) is 61.7 Å². The summed E-state index contributed by atoms with van der Waals surface area (Å²) >= 11 is 0. The lowest BCUT2D eigenvalue weighted by molar-refractivity contribution is -0.139. The van der Waals surface area contributed by atoms with Gasteiger partial charge in [-0.3, -0.25) is 0 Å². The number of fused-ring (bicyclic) bond motifs is 1. The molecule has 2 aliphatic carbocycles. The van der Waals surface area contributed by atoms with E-state index in [0.29, 0.717) is 61.4 Å². The summed E-state index contributed by atoms with van der Waals surface area (Å²) in [6.07, 6.45) is 6.61. The quantitative estimate of drug-likeness (QED) is 0.213. The summed E-state index contributed by atoms with van der Waals surface area (Å²) in [5.74, 6) is -0.180. The zero-order valence-electron chi connectivity index (χ0n) is 24.7. The predicted octanol–water partition coefficient (Wildman–Crippen LogP) is 6.73. The molecule has 248 valence electrons. The number of nitrogens with one attached hydrogen (secondary N) is 3. The van der Waals surface area contributed by atoms with Gasteiger partial charge >= 0.3 is 12.2 Å². The van der Waals surface area contributed by atoms with Crippen molar-refractivity contribution in [3.05, 3.63) is 35.9 Å². The van der Waals surface area contributed by atoms with Gasteiger partial charge in [0.05, 0.1) is 11.9 Å². The summed E-state index contributed by atoms with van der Waals surface area (Å²) < 4.78 is 55.1. The molecule has 3 heterocycles. The Morgan fingerprint density at radius 2 is 1.58 bits per heavy atom. The molecule has 1 aromatic carbocycles. The number of anilines is 3. The summed E-state index contributed by atoms with van der Waals surface area (Å²) in [4.78, 5) is 28.8. The second-order valence-electron chi connectivity index (χ2n) is 11.9. The third-order valence-electron chi connectivity index (χ3n) is 8.89. The summed E-state index contributed by atoms with van der Waals surface area (Å²) in [6, 6.07) is 2.76. The van der Waals surface area contributed by atoms with Gasteiger partial charge in [0.2, 0.25) is 5.95 Å². The highest BCUT2D eigenvalue weighted by Crippen LogP contribution is 2.35. The molecule has 3 aliphatic rings. The number of hydrogen-bond acceptors (Lipinski definition) is 7. The number of nitrogens with two attached hydrogens (primary N) is 1. The largest absolute Gasteiger partial charge is 0.419 e. The van der Waals surface area contributed by atoms with Crippen LogP contribution >= 0.6 is 24.8 Å². The van der Waals surface area contributed by atoms with Gasteiger partial charge in [0, 0.05) is 42.9 Å². The van der Waals surface area contributed by atoms with E-state index in [-0.39, 0.29) is 48.6 Å². The third kappa shape index (κ3) is 8.01. The van der Waals surface area contributed by atoms with E-state index in [1.54, 1.807) is 4.90 Å². The summed E-state index contributed by atoms with van der Waals surface area (Å²) in [5, 5.41) is 9.54. The lowest BCUT2D eigenvalue weighted by Crippen LogP contribution is -2.44. The monoisotopic (exact) mass is 675 g/mol. The number of rotatable bonds is 6. The molecular weight excluding hydrogens is 637 g/mol. The molecule has 16 heteroatoms. The highest BCUT2D eigenvalue weighted by molar-refractivity contribution is 5.89. The molecule has 0 atom stereocenters. The van der Waals surface area contributed by atoms with E-state index in [1.165, 1.54) is 12.8 Å². The van der Waals surface area contributed by atoms with Crippen LogP contribution in [0.2, 0.25) is 0 Å². The highest BCUT2D eigenvalue weighted by Gasteiger charge is 2.34. The second kappa shape index (κ2) is 14.5. The zero-order valence-corrected chi connectivity index (χ0v) is 26.3. The van der Waals surface area contributed by atoms with Crippen LogP contribution in [0.3, 0.4) is 0 Å². The van der Waals surface area contributed by atoms with Crippen molar-refractivity contribution in [3.63, 3.8) is 0 Å². The van der Waals surface area contributed by atoms with Crippen LogP contribution in [0, 0.1) is 5.82 Å². The molecule has 3 fully saturated rings. The fraction of sp³-hybridized carbons (Fsp3) is 0.586. The minimum Gasteiger partial charge on any atom is -0.365 e. The Balaban J connectivity index is 0.00000230. The Bertz CT molecular complexity index is 1450. The van der Waals surface area contributed by atoms with Crippen LogP contribution in [-0.2, 0) is 6.18 Å². The van der Waals surface area contributed by atoms with Crippen molar-refractivity contribution in [1.29, 1.82) is 0 Å². The first kappa shape index (κ1) is 34.8. The minimum absolute atomic E-state index is 0. The summed E-state index contributed by atoms with van der Waals surface area (Å²) in [7, 11) is 0. The van der Waals surface area contributed by atoms with Crippen LogP contribution in [0.15, 0.2) is 24.5 Å². The van der Waals surface area contributed by atoms with Gasteiger partial charge in [-0.05, 0) is 69.6 Å². The number of carbonyl (C=O) groups is 1. The Hall–Kier alpha value is -3.10. The summed E-state index contributed by atoms with van der Waals surface area (Å²) in [5.41, 5.74) is 6.08.